The average molecular weight is 366 g/mol. The van der Waals surface area contributed by atoms with Crippen LogP contribution in [0.5, 0.6) is 5.75 Å². The van der Waals surface area contributed by atoms with Crippen LogP contribution in [-0.4, -0.2) is 22.3 Å². The Bertz CT molecular complexity index is 1360. The lowest BCUT2D eigenvalue weighted by molar-refractivity contribution is 0.104. The number of nitrogens with zero attached hydrogens (tertiary/aromatic N) is 2. The van der Waals surface area contributed by atoms with Crippen molar-refractivity contribution in [3.8, 4) is 5.75 Å². The van der Waals surface area contributed by atoms with E-state index in [-0.39, 0.29) is 5.78 Å². The highest BCUT2D eigenvalue weighted by Gasteiger charge is 2.18. The molecule has 0 saturated heterocycles. The van der Waals surface area contributed by atoms with Crippen LogP contribution in [-0.2, 0) is 0 Å². The van der Waals surface area contributed by atoms with Gasteiger partial charge in [-0.25, -0.2) is 4.98 Å². The molecule has 0 N–H and O–H groups in total. The van der Waals surface area contributed by atoms with Crippen LogP contribution in [0.25, 0.3) is 27.5 Å². The topological polar surface area (TPSA) is 43.6 Å². The van der Waals surface area contributed by atoms with Gasteiger partial charge in [-0.1, -0.05) is 30.3 Å². The molecule has 136 valence electrons. The minimum Gasteiger partial charge on any atom is -0.497 e. The second kappa shape index (κ2) is 6.20. The Morgan fingerprint density at radius 3 is 2.46 bits per heavy atom. The Hall–Kier alpha value is -3.66. The number of hydrogen-bond donors (Lipinski definition) is 0. The van der Waals surface area contributed by atoms with E-state index in [9.17, 15) is 4.79 Å². The number of carbonyl (C=O) groups is 1. The molecule has 4 nitrogen and oxygen atoms in total. The van der Waals surface area contributed by atoms with Gasteiger partial charge in [0.2, 0.25) is 0 Å². The van der Waals surface area contributed by atoms with Crippen LogP contribution in [0.15, 0.2) is 72.9 Å². The van der Waals surface area contributed by atoms with Crippen molar-refractivity contribution in [3.05, 3.63) is 89.6 Å². The summed E-state index contributed by atoms with van der Waals surface area (Å²) in [5.74, 6) is 0.720. The van der Waals surface area contributed by atoms with E-state index in [1.807, 2.05) is 54.6 Å². The highest BCUT2D eigenvalue weighted by Crippen LogP contribution is 2.31. The third-order valence-electron chi connectivity index (χ3n) is 5.15. The number of methoxy groups -OCH3 is 1. The number of hydrogen-bond acceptors (Lipinski definition) is 3. The summed E-state index contributed by atoms with van der Waals surface area (Å²) < 4.78 is 7.27. The van der Waals surface area contributed by atoms with Gasteiger partial charge in [0.25, 0.3) is 0 Å². The molecule has 2 heterocycles. The summed E-state index contributed by atoms with van der Waals surface area (Å²) in [6, 6.07) is 21.2. The molecule has 0 bridgehead atoms. The summed E-state index contributed by atoms with van der Waals surface area (Å²) >= 11 is 0. The zero-order chi connectivity index (χ0) is 19.3. The van der Waals surface area contributed by atoms with Gasteiger partial charge in [0, 0.05) is 22.7 Å². The van der Waals surface area contributed by atoms with E-state index < -0.39 is 0 Å². The number of ether oxygens (including phenoxy) is 1. The van der Waals surface area contributed by atoms with Gasteiger partial charge in [-0.05, 0) is 54.3 Å². The summed E-state index contributed by atoms with van der Waals surface area (Å²) in [7, 11) is 1.62. The Kier molecular flexibility index (Phi) is 3.66. The molecule has 0 aliphatic carbocycles. The third-order valence-corrected chi connectivity index (χ3v) is 5.15. The first-order valence-electron chi connectivity index (χ1n) is 9.14. The van der Waals surface area contributed by atoms with E-state index in [1.54, 1.807) is 19.2 Å². The maximum atomic E-state index is 13.4. The molecule has 0 aliphatic heterocycles. The normalized spacial score (nSPS) is 11.4. The number of fused-ring (bicyclic) bond motifs is 5. The number of carbonyl (C=O) groups excluding carboxylic acids is 1. The molecule has 0 aliphatic rings. The van der Waals surface area contributed by atoms with Crippen LogP contribution < -0.4 is 4.74 Å². The van der Waals surface area contributed by atoms with Gasteiger partial charge in [-0.15, -0.1) is 0 Å². The number of aryl methyl sites for hydroxylation is 1. The second-order valence-corrected chi connectivity index (χ2v) is 6.94. The number of rotatable bonds is 3. The first-order chi connectivity index (χ1) is 13.7. The fraction of sp³-hybridized carbons (Fsp3) is 0.0833. The predicted molar refractivity (Wildman–Crippen MR) is 111 cm³/mol. The van der Waals surface area contributed by atoms with Crippen molar-refractivity contribution in [3.63, 3.8) is 0 Å². The van der Waals surface area contributed by atoms with Crippen LogP contribution in [0.4, 0.5) is 0 Å². The van der Waals surface area contributed by atoms with Crippen molar-refractivity contribution in [2.75, 3.05) is 7.11 Å². The molecule has 0 atom stereocenters. The zero-order valence-corrected chi connectivity index (χ0v) is 15.6. The largest absolute Gasteiger partial charge is 0.497 e. The van der Waals surface area contributed by atoms with E-state index in [1.165, 1.54) is 0 Å². The highest BCUT2D eigenvalue weighted by atomic mass is 16.5. The standard InChI is InChI=1S/C24H18N2O2/c1-15-7-12-22-25-23-19-6-4-3-5-18(19)20(13-21(23)26(22)14-15)24(27)16-8-10-17(28-2)11-9-16/h3-14H,1-2H3. The maximum Gasteiger partial charge on any atom is 0.193 e. The quantitative estimate of drug-likeness (QED) is 0.413. The van der Waals surface area contributed by atoms with Crippen molar-refractivity contribution in [2.24, 2.45) is 0 Å². The number of pyridine rings is 1. The molecule has 0 radical (unpaired) electrons. The Labute approximate surface area is 162 Å². The summed E-state index contributed by atoms with van der Waals surface area (Å²) in [6.45, 7) is 2.05. The summed E-state index contributed by atoms with van der Waals surface area (Å²) in [6.07, 6.45) is 2.06. The zero-order valence-electron chi connectivity index (χ0n) is 15.6. The predicted octanol–water partition coefficient (Wildman–Crippen LogP) is 5.19. The summed E-state index contributed by atoms with van der Waals surface area (Å²) in [5, 5.41) is 1.90. The van der Waals surface area contributed by atoms with Crippen LogP contribution in [0.2, 0.25) is 0 Å². The summed E-state index contributed by atoms with van der Waals surface area (Å²) in [4.78, 5) is 18.2. The fourth-order valence-electron chi connectivity index (χ4n) is 3.73. The van der Waals surface area contributed by atoms with Crippen molar-refractivity contribution < 1.29 is 9.53 Å². The molecule has 4 heteroatoms. The highest BCUT2D eigenvalue weighted by molar-refractivity contribution is 6.21. The van der Waals surface area contributed by atoms with Gasteiger partial charge in [-0.3, -0.25) is 9.20 Å². The van der Waals surface area contributed by atoms with E-state index in [2.05, 4.69) is 17.5 Å². The maximum absolute atomic E-state index is 13.4. The second-order valence-electron chi connectivity index (χ2n) is 6.94. The Balaban J connectivity index is 1.82. The van der Waals surface area contributed by atoms with Gasteiger partial charge in [0.1, 0.15) is 11.4 Å². The fourth-order valence-corrected chi connectivity index (χ4v) is 3.73. The number of imidazole rings is 1. The van der Waals surface area contributed by atoms with Crippen molar-refractivity contribution in [1.29, 1.82) is 0 Å². The molecule has 5 rings (SSSR count). The first kappa shape index (κ1) is 16.5. The van der Waals surface area contributed by atoms with Crippen LogP contribution in [0.3, 0.4) is 0 Å². The third kappa shape index (κ3) is 2.46. The minimum absolute atomic E-state index is 0.0108. The van der Waals surface area contributed by atoms with E-state index in [0.717, 1.165) is 38.8 Å². The first-order valence-corrected chi connectivity index (χ1v) is 9.14. The van der Waals surface area contributed by atoms with Crippen molar-refractivity contribution in [2.45, 2.75) is 6.92 Å². The van der Waals surface area contributed by atoms with Crippen LogP contribution >= 0.6 is 0 Å². The van der Waals surface area contributed by atoms with Crippen LogP contribution in [0, 0.1) is 6.92 Å². The lowest BCUT2D eigenvalue weighted by Crippen LogP contribution is -2.03. The summed E-state index contributed by atoms with van der Waals surface area (Å²) in [5.41, 5.74) is 5.18. The van der Waals surface area contributed by atoms with E-state index in [4.69, 9.17) is 9.72 Å². The number of aromatic nitrogens is 2. The van der Waals surface area contributed by atoms with E-state index in [0.29, 0.717) is 11.1 Å². The minimum atomic E-state index is -0.0108. The van der Waals surface area contributed by atoms with Gasteiger partial charge >= 0.3 is 0 Å². The molecule has 0 unspecified atom stereocenters. The average Bonchev–Trinajstić information content (AvgIpc) is 3.11. The molecule has 0 fully saturated rings. The van der Waals surface area contributed by atoms with Gasteiger partial charge in [-0.2, -0.15) is 0 Å². The SMILES string of the molecule is COc1ccc(C(=O)c2cc3c(nc4ccc(C)cn43)c3ccccc23)cc1. The van der Waals surface area contributed by atoms with Crippen molar-refractivity contribution >= 4 is 33.2 Å². The molecule has 5 aromatic rings. The van der Waals surface area contributed by atoms with Gasteiger partial charge < -0.3 is 4.74 Å². The smallest absolute Gasteiger partial charge is 0.193 e. The Morgan fingerprint density at radius 2 is 1.71 bits per heavy atom. The molecule has 28 heavy (non-hydrogen) atoms. The number of benzene rings is 3. The van der Waals surface area contributed by atoms with Gasteiger partial charge in [0.05, 0.1) is 18.1 Å². The van der Waals surface area contributed by atoms with E-state index >= 15 is 0 Å². The monoisotopic (exact) mass is 366 g/mol. The van der Waals surface area contributed by atoms with Crippen molar-refractivity contribution in [1.82, 2.24) is 9.38 Å². The lowest BCUT2D eigenvalue weighted by Gasteiger charge is -2.08. The molecule has 0 spiro atoms. The Morgan fingerprint density at radius 1 is 0.964 bits per heavy atom. The van der Waals surface area contributed by atoms with Crippen LogP contribution in [0.1, 0.15) is 21.5 Å². The molecule has 3 aromatic carbocycles. The van der Waals surface area contributed by atoms with Gasteiger partial charge in [0.15, 0.2) is 5.78 Å². The number of ketones is 1. The lowest BCUT2D eigenvalue weighted by atomic mass is 9.96. The molecule has 2 aromatic heterocycles. The molecule has 0 amide bonds. The molecular formula is C24H18N2O2. The molecular weight excluding hydrogens is 348 g/mol. The molecule has 0 saturated carbocycles.